The molecule has 5 heterocycles. The fraction of sp³-hybridized carbons (Fsp3) is 1.00. The fourth-order valence-electron chi connectivity index (χ4n) is 20.8. The van der Waals surface area contributed by atoms with Crippen molar-refractivity contribution in [3.8, 4) is 0 Å². The van der Waals surface area contributed by atoms with Crippen LogP contribution in [0.4, 0.5) is 0 Å². The molecule has 0 radical (unpaired) electrons. The Kier molecular flexibility index (Phi) is 10.6. The summed E-state index contributed by atoms with van der Waals surface area (Å²) in [6, 6.07) is 0. The molecule has 0 aromatic heterocycles. The molecule has 4 bridgehead atoms. The van der Waals surface area contributed by atoms with Crippen molar-refractivity contribution in [2.75, 3.05) is 0 Å². The molecule has 0 aliphatic carbocycles. The van der Waals surface area contributed by atoms with Gasteiger partial charge in [-0.3, -0.25) is 0 Å². The standard InChI is InChI=1S/C36H84Si8/c1-25(2)37(26(3)4)38(27(5)6,28(7)8)42(34(19)20)43(35(21)22)39(29(9)10,30(11)12)40(31(13)14,32(15)16)44(42,36(23)24)41(37,43)33(17)18/h25-36H,1-24H3. The zero-order valence-electron chi connectivity index (χ0n) is 34.9. The van der Waals surface area contributed by atoms with Crippen molar-refractivity contribution in [3.63, 3.8) is 0 Å². The molecular weight excluding hydrogens is 657 g/mol. The monoisotopic (exact) mass is 740 g/mol. The van der Waals surface area contributed by atoms with E-state index in [1.165, 1.54) is 0 Å². The summed E-state index contributed by atoms with van der Waals surface area (Å²) in [6.45, 7) is 64.2. The Morgan fingerprint density at radius 1 is 0.159 bits per heavy atom. The summed E-state index contributed by atoms with van der Waals surface area (Å²) >= 11 is 0. The van der Waals surface area contributed by atoms with E-state index < -0.39 is 54.9 Å². The first-order valence-electron chi connectivity index (χ1n) is 19.8. The molecule has 0 atom stereocenters. The molecule has 0 saturated carbocycles. The molecule has 5 saturated heterocycles. The summed E-state index contributed by atoms with van der Waals surface area (Å²) in [5.74, 6) is 0. The van der Waals surface area contributed by atoms with Crippen LogP contribution >= 0.6 is 0 Å². The van der Waals surface area contributed by atoms with Crippen LogP contribution in [0.3, 0.4) is 0 Å². The van der Waals surface area contributed by atoms with Gasteiger partial charge in [-0.2, -0.15) is 0 Å². The molecule has 0 unspecified atom stereocenters. The number of hydrogen-bond donors (Lipinski definition) is 0. The lowest BCUT2D eigenvalue weighted by molar-refractivity contribution is 0.890. The van der Waals surface area contributed by atoms with Crippen LogP contribution in [-0.4, -0.2) is 54.9 Å². The van der Waals surface area contributed by atoms with Gasteiger partial charge in [0.25, 0.3) is 0 Å². The van der Waals surface area contributed by atoms with E-state index in [1.54, 1.807) is 0 Å². The van der Waals surface area contributed by atoms with Crippen molar-refractivity contribution in [1.29, 1.82) is 0 Å². The highest BCUT2D eigenvalue weighted by atomic mass is 30.8. The Morgan fingerprint density at radius 2 is 0.250 bits per heavy atom. The van der Waals surface area contributed by atoms with Gasteiger partial charge in [-0.05, 0) is 0 Å². The van der Waals surface area contributed by atoms with E-state index in [4.69, 9.17) is 0 Å². The van der Waals surface area contributed by atoms with Gasteiger partial charge in [0.05, 0.1) is 0 Å². The lowest BCUT2D eigenvalue weighted by Crippen LogP contribution is -3.09. The van der Waals surface area contributed by atoms with Crippen LogP contribution < -0.4 is 0 Å². The Hall–Kier alpha value is 1.74. The topological polar surface area (TPSA) is 0 Å². The van der Waals surface area contributed by atoms with E-state index in [-0.39, 0.29) is 0 Å². The Balaban J connectivity index is 3.25. The number of rotatable bonds is 12. The van der Waals surface area contributed by atoms with Crippen LogP contribution in [0.2, 0.25) is 66.5 Å². The predicted molar refractivity (Wildman–Crippen MR) is 227 cm³/mol. The van der Waals surface area contributed by atoms with Crippen molar-refractivity contribution in [3.05, 3.63) is 0 Å². The summed E-state index contributed by atoms with van der Waals surface area (Å²) in [5.41, 5.74) is 12.3. The minimum atomic E-state index is -1.73. The molecule has 260 valence electrons. The second kappa shape index (κ2) is 11.6. The van der Waals surface area contributed by atoms with Gasteiger partial charge < -0.3 is 0 Å². The van der Waals surface area contributed by atoms with Crippen LogP contribution in [0.5, 0.6) is 0 Å². The largest absolute Gasteiger partial charge is 0.0658 e. The second-order valence-electron chi connectivity index (χ2n) is 20.6. The molecule has 0 spiro atoms. The normalized spacial score (nSPS) is 35.2. The third-order valence-corrected chi connectivity index (χ3v) is 313. The van der Waals surface area contributed by atoms with Gasteiger partial charge in [-0.15, -0.1) is 0 Å². The van der Waals surface area contributed by atoms with Crippen molar-refractivity contribution in [1.82, 2.24) is 0 Å². The van der Waals surface area contributed by atoms with Crippen molar-refractivity contribution < 1.29 is 0 Å². The van der Waals surface area contributed by atoms with E-state index in [0.717, 1.165) is 66.5 Å². The van der Waals surface area contributed by atoms with Crippen molar-refractivity contribution in [2.24, 2.45) is 0 Å². The molecule has 0 N–H and O–H groups in total. The van der Waals surface area contributed by atoms with Gasteiger partial charge in [0.15, 0.2) is 0 Å². The third-order valence-electron chi connectivity index (χ3n) is 17.2. The maximum Gasteiger partial charge on any atom is 0.0400 e. The Morgan fingerprint density at radius 3 is 0.295 bits per heavy atom. The van der Waals surface area contributed by atoms with E-state index in [2.05, 4.69) is 166 Å². The summed E-state index contributed by atoms with van der Waals surface area (Å²) in [5, 5.41) is 0. The average Bonchev–Trinajstić information content (AvgIpc) is 3.37. The number of hydrogen-bond acceptors (Lipinski definition) is 0. The summed E-state index contributed by atoms with van der Waals surface area (Å²) in [6.07, 6.45) is 0. The molecule has 0 nitrogen and oxygen atoms in total. The fourth-order valence-corrected chi connectivity index (χ4v) is 772. The maximum atomic E-state index is 3.00. The van der Waals surface area contributed by atoms with Crippen LogP contribution in [0.1, 0.15) is 166 Å². The first-order valence-corrected chi connectivity index (χ1v) is 46.7. The van der Waals surface area contributed by atoms with Crippen LogP contribution in [0.25, 0.3) is 0 Å². The van der Waals surface area contributed by atoms with Crippen LogP contribution in [0, 0.1) is 0 Å². The van der Waals surface area contributed by atoms with E-state index in [0.29, 0.717) is 0 Å². The van der Waals surface area contributed by atoms with Crippen LogP contribution in [0.15, 0.2) is 0 Å². The SMILES string of the molecule is CC(C)[Si]1(C(C)C)[Si](C(C)C)(C(C)C)[Si]2(C(C)C)[Si]3(C(C)C)[Si](C(C)C)(C(C)C)[Si](C(C)C)(C(C)C)[Si]2(C(C)C)[Si]13C(C)C. The van der Waals surface area contributed by atoms with Gasteiger partial charge in [-0.1, -0.05) is 233 Å². The van der Waals surface area contributed by atoms with Crippen molar-refractivity contribution in [2.45, 2.75) is 233 Å². The van der Waals surface area contributed by atoms with Gasteiger partial charge >= 0.3 is 0 Å². The maximum absolute atomic E-state index is 3.00. The van der Waals surface area contributed by atoms with E-state index >= 15 is 0 Å². The molecule has 44 heavy (non-hydrogen) atoms. The highest BCUT2D eigenvalue weighted by molar-refractivity contribution is 8.61. The Bertz CT molecular complexity index is 856. The lowest BCUT2D eigenvalue weighted by Gasteiger charge is -2.81. The highest BCUT2D eigenvalue weighted by Crippen LogP contribution is 2.93. The summed E-state index contributed by atoms with van der Waals surface area (Å²) in [4.78, 5) is 0. The molecule has 0 aromatic carbocycles. The Labute approximate surface area is 285 Å². The first-order chi connectivity index (χ1) is 19.8. The summed E-state index contributed by atoms with van der Waals surface area (Å²) in [7, 11) is -6.93. The molecule has 0 amide bonds. The smallest absolute Gasteiger partial charge is 0.0400 e. The molecule has 5 fully saturated rings. The van der Waals surface area contributed by atoms with Crippen LogP contribution in [-0.2, 0) is 0 Å². The van der Waals surface area contributed by atoms with Gasteiger partial charge in [0.2, 0.25) is 0 Å². The quantitative estimate of drug-likeness (QED) is 0.175. The highest BCUT2D eigenvalue weighted by Gasteiger charge is 3.18. The number of fused-ring (bicyclic) bond motifs is 2. The minimum Gasteiger partial charge on any atom is -0.0658 e. The lowest BCUT2D eigenvalue weighted by atomic mass is 10.5. The molecule has 5 rings (SSSR count). The molecule has 0 aromatic rings. The van der Waals surface area contributed by atoms with Gasteiger partial charge in [0.1, 0.15) is 0 Å². The molecular formula is C36H84Si8. The van der Waals surface area contributed by atoms with Crippen molar-refractivity contribution >= 4 is 54.9 Å². The first kappa shape index (κ1) is 40.2. The minimum absolute atomic E-state index is 1.01. The average molecular weight is 742 g/mol. The zero-order chi connectivity index (χ0) is 34.9. The molecule has 8 heteroatoms. The van der Waals surface area contributed by atoms with E-state index in [9.17, 15) is 0 Å². The summed E-state index contributed by atoms with van der Waals surface area (Å²) < 4.78 is 0. The second-order valence-corrected chi connectivity index (χ2v) is 120. The molecule has 5 aliphatic rings. The van der Waals surface area contributed by atoms with E-state index in [1.807, 2.05) is 0 Å². The third kappa shape index (κ3) is 2.98. The molecule has 5 aliphatic heterocycles. The zero-order valence-corrected chi connectivity index (χ0v) is 42.9. The van der Waals surface area contributed by atoms with Gasteiger partial charge in [0, 0.05) is 54.9 Å². The van der Waals surface area contributed by atoms with Gasteiger partial charge in [-0.25, -0.2) is 0 Å². The predicted octanol–water partition coefficient (Wildman–Crippen LogP) is 13.3.